The Labute approximate surface area is 119 Å². The van der Waals surface area contributed by atoms with Crippen molar-refractivity contribution in [3.05, 3.63) is 39.5 Å². The summed E-state index contributed by atoms with van der Waals surface area (Å²) in [5.41, 5.74) is 8.05. The molecular weight excluding hydrogens is 318 g/mol. The highest BCUT2D eigenvalue weighted by atomic mass is 79.9. The Kier molecular flexibility index (Phi) is 4.14. The Hall–Kier alpha value is -1.20. The van der Waals surface area contributed by atoms with E-state index in [4.69, 9.17) is 21.8 Å². The van der Waals surface area contributed by atoms with Crippen LogP contribution in [0.2, 0.25) is 5.02 Å². The molecule has 0 atom stereocenters. The molecule has 0 aliphatic heterocycles. The van der Waals surface area contributed by atoms with Gasteiger partial charge in [-0.25, -0.2) is 4.98 Å². The fourth-order valence-electron chi connectivity index (χ4n) is 1.50. The van der Waals surface area contributed by atoms with E-state index < -0.39 is 0 Å². The van der Waals surface area contributed by atoms with Crippen molar-refractivity contribution in [2.75, 3.05) is 11.1 Å². The van der Waals surface area contributed by atoms with Crippen molar-refractivity contribution in [1.29, 1.82) is 0 Å². The van der Waals surface area contributed by atoms with Crippen LogP contribution in [0.3, 0.4) is 0 Å². The molecule has 1 aromatic carbocycles. The lowest BCUT2D eigenvalue weighted by molar-refractivity contribution is 0.501. The van der Waals surface area contributed by atoms with Crippen LogP contribution in [-0.2, 0) is 13.0 Å². The van der Waals surface area contributed by atoms with Crippen molar-refractivity contribution < 1.29 is 4.42 Å². The highest BCUT2D eigenvalue weighted by Gasteiger charge is 2.08. The minimum Gasteiger partial charge on any atom is -0.449 e. The first-order chi connectivity index (χ1) is 8.61. The molecule has 18 heavy (non-hydrogen) atoms. The van der Waals surface area contributed by atoms with Gasteiger partial charge in [-0.1, -0.05) is 18.5 Å². The van der Waals surface area contributed by atoms with Crippen molar-refractivity contribution in [2.45, 2.75) is 19.9 Å². The van der Waals surface area contributed by atoms with Crippen LogP contribution in [-0.4, -0.2) is 4.98 Å². The van der Waals surface area contributed by atoms with Crippen LogP contribution < -0.4 is 11.1 Å². The number of hydrogen-bond acceptors (Lipinski definition) is 4. The van der Waals surface area contributed by atoms with Crippen molar-refractivity contribution in [3.8, 4) is 0 Å². The number of aromatic nitrogens is 1. The number of nitrogens with zero attached hydrogens (tertiary/aromatic N) is 1. The molecule has 1 aromatic heterocycles. The molecule has 4 nitrogen and oxygen atoms in total. The molecule has 2 rings (SSSR count). The predicted molar refractivity (Wildman–Crippen MR) is 76.8 cm³/mol. The summed E-state index contributed by atoms with van der Waals surface area (Å²) in [5.74, 6) is 0.730. The van der Waals surface area contributed by atoms with E-state index in [1.54, 1.807) is 6.26 Å². The number of nitrogens with one attached hydrogen (secondary N) is 1. The molecule has 1 heterocycles. The van der Waals surface area contributed by atoms with Gasteiger partial charge in [0.15, 0.2) is 5.89 Å². The summed E-state index contributed by atoms with van der Waals surface area (Å²) in [6.45, 7) is 2.54. The maximum atomic E-state index is 6.05. The molecule has 0 unspecified atom stereocenters. The highest BCUT2D eigenvalue weighted by molar-refractivity contribution is 9.10. The van der Waals surface area contributed by atoms with E-state index in [0.717, 1.165) is 28.2 Å². The number of aryl methyl sites for hydroxylation is 1. The standard InChI is InChI=1S/C12H13BrClN3O/c1-2-10-17-7(6-18-10)5-16-9-4-3-8(13)11(14)12(9)15/h3-4,6,16H,2,5,15H2,1H3. The Balaban J connectivity index is 2.08. The van der Waals surface area contributed by atoms with Crippen LogP contribution in [0.25, 0.3) is 0 Å². The molecule has 0 radical (unpaired) electrons. The molecule has 0 amide bonds. The number of oxazole rings is 1. The third-order valence-electron chi connectivity index (χ3n) is 2.49. The van der Waals surface area contributed by atoms with Gasteiger partial charge in [-0.3, -0.25) is 0 Å². The molecule has 0 saturated heterocycles. The second-order valence-corrected chi connectivity index (χ2v) is 4.99. The van der Waals surface area contributed by atoms with E-state index >= 15 is 0 Å². The lowest BCUT2D eigenvalue weighted by Gasteiger charge is -2.10. The predicted octanol–water partition coefficient (Wildman–Crippen LogP) is 3.85. The van der Waals surface area contributed by atoms with Crippen LogP contribution in [0.4, 0.5) is 11.4 Å². The summed E-state index contributed by atoms with van der Waals surface area (Å²) in [4.78, 5) is 4.30. The Bertz CT molecular complexity index is 556. The SMILES string of the molecule is CCc1nc(CNc2ccc(Br)c(Cl)c2N)co1. The van der Waals surface area contributed by atoms with Crippen LogP contribution in [0, 0.1) is 0 Å². The fraction of sp³-hybridized carbons (Fsp3) is 0.250. The monoisotopic (exact) mass is 329 g/mol. The van der Waals surface area contributed by atoms with E-state index in [1.807, 2.05) is 19.1 Å². The molecule has 0 bridgehead atoms. The van der Waals surface area contributed by atoms with E-state index in [0.29, 0.717) is 17.3 Å². The van der Waals surface area contributed by atoms with Crippen LogP contribution in [0.5, 0.6) is 0 Å². The third kappa shape index (κ3) is 2.79. The van der Waals surface area contributed by atoms with Crippen LogP contribution in [0.1, 0.15) is 18.5 Å². The van der Waals surface area contributed by atoms with Gasteiger partial charge in [-0.15, -0.1) is 0 Å². The average molecular weight is 331 g/mol. The molecule has 2 aromatic rings. The lowest BCUT2D eigenvalue weighted by atomic mass is 10.2. The summed E-state index contributed by atoms with van der Waals surface area (Å²) in [6.07, 6.45) is 2.43. The number of anilines is 2. The van der Waals surface area contributed by atoms with Crippen molar-refractivity contribution in [3.63, 3.8) is 0 Å². The first-order valence-corrected chi connectivity index (χ1v) is 6.69. The summed E-state index contributed by atoms with van der Waals surface area (Å²) in [7, 11) is 0. The Morgan fingerprint density at radius 1 is 1.50 bits per heavy atom. The van der Waals surface area contributed by atoms with E-state index in [2.05, 4.69) is 26.2 Å². The molecule has 0 fully saturated rings. The minimum atomic E-state index is 0.509. The summed E-state index contributed by atoms with van der Waals surface area (Å²) in [5, 5.41) is 3.69. The second kappa shape index (κ2) is 5.63. The number of halogens is 2. The largest absolute Gasteiger partial charge is 0.449 e. The van der Waals surface area contributed by atoms with Gasteiger partial charge in [-0.05, 0) is 28.1 Å². The van der Waals surface area contributed by atoms with Crippen LogP contribution in [0.15, 0.2) is 27.3 Å². The molecule has 0 aliphatic carbocycles. The molecule has 96 valence electrons. The van der Waals surface area contributed by atoms with E-state index in [9.17, 15) is 0 Å². The topological polar surface area (TPSA) is 64.1 Å². The minimum absolute atomic E-state index is 0.509. The number of nitrogen functional groups attached to an aromatic ring is 1. The van der Waals surface area contributed by atoms with Gasteiger partial charge in [0.2, 0.25) is 0 Å². The number of benzene rings is 1. The molecule has 0 spiro atoms. The van der Waals surface area contributed by atoms with E-state index in [1.165, 1.54) is 0 Å². The summed E-state index contributed by atoms with van der Waals surface area (Å²) in [6, 6.07) is 3.72. The van der Waals surface area contributed by atoms with Gasteiger partial charge in [0, 0.05) is 10.9 Å². The quantitative estimate of drug-likeness (QED) is 0.836. The number of hydrogen-bond donors (Lipinski definition) is 2. The first-order valence-electron chi connectivity index (χ1n) is 5.52. The van der Waals surface area contributed by atoms with Crippen molar-refractivity contribution >= 4 is 38.9 Å². The van der Waals surface area contributed by atoms with Gasteiger partial charge < -0.3 is 15.5 Å². The Morgan fingerprint density at radius 3 is 2.94 bits per heavy atom. The van der Waals surface area contributed by atoms with Gasteiger partial charge in [0.05, 0.1) is 28.6 Å². The Morgan fingerprint density at radius 2 is 2.28 bits per heavy atom. The van der Waals surface area contributed by atoms with Gasteiger partial charge in [0.1, 0.15) is 6.26 Å². The van der Waals surface area contributed by atoms with Crippen molar-refractivity contribution in [2.24, 2.45) is 0 Å². The van der Waals surface area contributed by atoms with Crippen molar-refractivity contribution in [1.82, 2.24) is 4.98 Å². The zero-order valence-electron chi connectivity index (χ0n) is 9.84. The van der Waals surface area contributed by atoms with Gasteiger partial charge >= 0.3 is 0 Å². The number of nitrogens with two attached hydrogens (primary N) is 1. The average Bonchev–Trinajstić information content (AvgIpc) is 2.83. The molecule has 0 saturated carbocycles. The van der Waals surface area contributed by atoms with Crippen LogP contribution >= 0.6 is 27.5 Å². The highest BCUT2D eigenvalue weighted by Crippen LogP contribution is 2.34. The molecule has 3 N–H and O–H groups in total. The smallest absolute Gasteiger partial charge is 0.193 e. The second-order valence-electron chi connectivity index (χ2n) is 3.76. The normalized spacial score (nSPS) is 10.6. The first kappa shape index (κ1) is 13.2. The zero-order chi connectivity index (χ0) is 13.1. The number of rotatable bonds is 4. The molecule has 0 aliphatic rings. The maximum absolute atomic E-state index is 6.05. The zero-order valence-corrected chi connectivity index (χ0v) is 12.2. The molecular formula is C12H13BrClN3O. The summed E-state index contributed by atoms with van der Waals surface area (Å²) < 4.78 is 6.04. The summed E-state index contributed by atoms with van der Waals surface area (Å²) >= 11 is 9.37. The van der Waals surface area contributed by atoms with Gasteiger partial charge in [0.25, 0.3) is 0 Å². The molecule has 6 heteroatoms. The lowest BCUT2D eigenvalue weighted by Crippen LogP contribution is -2.03. The fourth-order valence-corrected chi connectivity index (χ4v) is 2.01. The van der Waals surface area contributed by atoms with Gasteiger partial charge in [-0.2, -0.15) is 0 Å². The van der Waals surface area contributed by atoms with E-state index in [-0.39, 0.29) is 0 Å². The maximum Gasteiger partial charge on any atom is 0.193 e. The third-order valence-corrected chi connectivity index (χ3v) is 3.79.